The Bertz CT molecular complexity index is 2650. The maximum atomic E-state index is 13.4. The Hall–Kier alpha value is -8.70. The second kappa shape index (κ2) is 24.1. The molecule has 1 aromatic heterocycles. The van der Waals surface area contributed by atoms with Crippen LogP contribution in [0.4, 0.5) is 5.13 Å². The van der Waals surface area contributed by atoms with E-state index in [0.29, 0.717) is 16.3 Å². The lowest BCUT2D eigenvalue weighted by Crippen LogP contribution is -2.29. The third-order valence-electron chi connectivity index (χ3n) is 8.28. The number of rotatable bonds is 22. The van der Waals surface area contributed by atoms with Gasteiger partial charge in [-0.25, -0.2) is 33.8 Å². The number of thiazole rings is 1. The van der Waals surface area contributed by atoms with Gasteiger partial charge in [-0.15, -0.1) is 0 Å². The van der Waals surface area contributed by atoms with Crippen molar-refractivity contribution >= 4 is 80.9 Å². The summed E-state index contributed by atoms with van der Waals surface area (Å²) < 4.78 is 37.4. The first-order chi connectivity index (χ1) is 31.4. The number of fused-ring (bicyclic) bond motifs is 1. The average Bonchev–Trinajstić information content (AvgIpc) is 3.74. The summed E-state index contributed by atoms with van der Waals surface area (Å²) in [5.74, 6) is -3.95. The summed E-state index contributed by atoms with van der Waals surface area (Å²) in [6.07, 6.45) is 8.76. The van der Waals surface area contributed by atoms with Crippen molar-refractivity contribution in [1.29, 1.82) is 0 Å². The van der Waals surface area contributed by atoms with E-state index in [1.54, 1.807) is 24.3 Å². The van der Waals surface area contributed by atoms with Crippen molar-refractivity contribution in [2.24, 2.45) is 5.10 Å². The highest BCUT2D eigenvalue weighted by Crippen LogP contribution is 2.27. The quantitative estimate of drug-likeness (QED) is 0.00810. The Morgan fingerprint density at radius 3 is 1.89 bits per heavy atom. The minimum atomic E-state index is -1.09. The first-order valence-electron chi connectivity index (χ1n) is 19.1. The number of para-hydroxylation sites is 1. The molecule has 1 N–H and O–H groups in total. The molecule has 1 unspecified atom stereocenters. The highest BCUT2D eigenvalue weighted by molar-refractivity contribution is 7.22. The molecular weight excluding hydrogens is 859 g/mol. The maximum Gasteiger partial charge on any atom is 0.343 e. The molecule has 0 aliphatic rings. The van der Waals surface area contributed by atoms with E-state index in [1.807, 2.05) is 24.3 Å². The number of hydrazone groups is 1. The number of esters is 6. The van der Waals surface area contributed by atoms with Crippen molar-refractivity contribution in [3.8, 4) is 11.5 Å². The largest absolute Gasteiger partial charge is 0.458 e. The predicted octanol–water partition coefficient (Wildman–Crippen LogP) is 7.79. The summed E-state index contributed by atoms with van der Waals surface area (Å²) in [6, 6.07) is 24.3. The van der Waals surface area contributed by atoms with Crippen molar-refractivity contribution in [3.63, 3.8) is 0 Å². The van der Waals surface area contributed by atoms with Crippen LogP contribution in [0.2, 0.25) is 0 Å². The average molecular weight is 898 g/mol. The lowest BCUT2D eigenvalue weighted by Gasteiger charge is -2.16. The third-order valence-corrected chi connectivity index (χ3v) is 9.22. The van der Waals surface area contributed by atoms with E-state index in [0.717, 1.165) is 28.4 Å². The Kier molecular flexibility index (Phi) is 17.5. The number of carbonyl (C=O) groups is 6. The van der Waals surface area contributed by atoms with Gasteiger partial charge in [0.2, 0.25) is 11.9 Å². The fourth-order valence-electron chi connectivity index (χ4n) is 5.03. The van der Waals surface area contributed by atoms with Gasteiger partial charge in [0.1, 0.15) is 30.5 Å². The lowest BCUT2D eigenvalue weighted by atomic mass is 10.1. The highest BCUT2D eigenvalue weighted by atomic mass is 32.1. The molecule has 330 valence electrons. The van der Waals surface area contributed by atoms with Crippen molar-refractivity contribution in [3.05, 3.63) is 181 Å². The fourth-order valence-corrected chi connectivity index (χ4v) is 5.85. The molecule has 0 bridgehead atoms. The van der Waals surface area contributed by atoms with E-state index in [-0.39, 0.29) is 47.3 Å². The smallest absolute Gasteiger partial charge is 0.343 e. The molecule has 0 spiro atoms. The Morgan fingerprint density at radius 1 is 0.677 bits per heavy atom. The molecule has 5 aromatic rings. The molecule has 1 heterocycles. The fraction of sp³-hybridized carbons (Fsp3) is 0.0833. The van der Waals surface area contributed by atoms with Crippen LogP contribution in [-0.4, -0.2) is 73.1 Å². The topological polar surface area (TPSA) is 204 Å². The molecule has 17 heteroatoms. The van der Waals surface area contributed by atoms with Gasteiger partial charge in [0.25, 0.3) is 0 Å². The number of allylic oxidation sites excluding steroid dienone is 1. The lowest BCUT2D eigenvalue weighted by molar-refractivity contribution is -0.160. The number of hydrogen-bond acceptors (Lipinski definition) is 17. The van der Waals surface area contributed by atoms with E-state index >= 15 is 0 Å². The number of hydrogen-bond donors (Lipinski definition) is 1. The van der Waals surface area contributed by atoms with Crippen LogP contribution in [0.15, 0.2) is 159 Å². The normalized spacial score (nSPS) is 11.3. The van der Waals surface area contributed by atoms with Gasteiger partial charge < -0.3 is 33.2 Å². The van der Waals surface area contributed by atoms with Crippen LogP contribution in [0, 0.1) is 0 Å². The van der Waals surface area contributed by atoms with Gasteiger partial charge >= 0.3 is 35.8 Å². The first-order valence-corrected chi connectivity index (χ1v) is 19.9. The van der Waals surface area contributed by atoms with Crippen LogP contribution in [0.5, 0.6) is 11.5 Å². The van der Waals surface area contributed by atoms with Gasteiger partial charge in [0.05, 0.1) is 27.6 Å². The van der Waals surface area contributed by atoms with E-state index in [9.17, 15) is 28.8 Å². The van der Waals surface area contributed by atoms with Gasteiger partial charge in [0, 0.05) is 29.9 Å². The molecule has 0 radical (unpaired) electrons. The number of carbonyl (C=O) groups excluding carboxylic acids is 6. The second-order valence-corrected chi connectivity index (χ2v) is 13.9. The minimum absolute atomic E-state index is 0.0829. The van der Waals surface area contributed by atoms with Crippen LogP contribution in [-0.2, 0) is 42.9 Å². The number of nitrogens with zero attached hydrogens (tertiary/aromatic N) is 2. The number of aromatic nitrogens is 1. The number of benzene rings is 4. The number of anilines is 1. The summed E-state index contributed by atoms with van der Waals surface area (Å²) in [6.45, 7) is 12.5. The third kappa shape index (κ3) is 15.3. The zero-order valence-corrected chi connectivity index (χ0v) is 35.2. The summed E-state index contributed by atoms with van der Waals surface area (Å²) in [7, 11) is 0. The monoisotopic (exact) mass is 897 g/mol. The van der Waals surface area contributed by atoms with Gasteiger partial charge in [-0.3, -0.25) is 5.43 Å². The molecule has 0 saturated carbocycles. The molecule has 5 rings (SSSR count). The van der Waals surface area contributed by atoms with Crippen molar-refractivity contribution in [1.82, 2.24) is 4.98 Å². The van der Waals surface area contributed by atoms with E-state index in [4.69, 9.17) is 33.2 Å². The second-order valence-electron chi connectivity index (χ2n) is 12.9. The molecule has 16 nitrogen and oxygen atoms in total. The molecule has 0 aliphatic carbocycles. The predicted molar refractivity (Wildman–Crippen MR) is 242 cm³/mol. The van der Waals surface area contributed by atoms with Crippen molar-refractivity contribution in [2.45, 2.75) is 6.10 Å². The van der Waals surface area contributed by atoms with E-state index in [2.05, 4.69) is 41.8 Å². The molecule has 4 aromatic carbocycles. The zero-order chi connectivity index (χ0) is 46.6. The first kappa shape index (κ1) is 47.4. The Labute approximate surface area is 376 Å². The van der Waals surface area contributed by atoms with Crippen LogP contribution >= 0.6 is 11.3 Å². The molecule has 0 saturated heterocycles. The Balaban J connectivity index is 1.24. The van der Waals surface area contributed by atoms with Crippen LogP contribution < -0.4 is 14.9 Å². The Morgan fingerprint density at radius 2 is 1.28 bits per heavy atom. The maximum absolute atomic E-state index is 13.4. The zero-order valence-electron chi connectivity index (χ0n) is 34.4. The standard InChI is InChI=1S/C48H39N3O13S/c1-5-31(4)60-30-61-45(55)25-17-33-12-18-34(19-13-33)46(56)63-37-22-23-40(36(26-37)27-49-51-48-50-39-10-8-9-11-41(39)65-48)64-47(57)35-20-14-32(15-21-35)16-24-44(54)59-29-38(62-43(53)7-3)28-58-42(52)6-2/h5-27,38H,1-4,28-30H2,(H,50,51)/b24-16+,25-17+,49-27+. The van der Waals surface area contributed by atoms with Gasteiger partial charge in [0.15, 0.2) is 6.10 Å². The van der Waals surface area contributed by atoms with Crippen molar-refractivity contribution < 1.29 is 61.9 Å². The molecule has 65 heavy (non-hydrogen) atoms. The van der Waals surface area contributed by atoms with Crippen LogP contribution in [0.1, 0.15) is 37.4 Å². The molecule has 0 amide bonds. The molecule has 0 fully saturated rings. The van der Waals surface area contributed by atoms with E-state index in [1.165, 1.54) is 84.3 Å². The van der Waals surface area contributed by atoms with Gasteiger partial charge in [-0.1, -0.05) is 74.1 Å². The van der Waals surface area contributed by atoms with E-state index < -0.39 is 48.5 Å². The molecule has 0 aliphatic heterocycles. The summed E-state index contributed by atoms with van der Waals surface area (Å²) >= 11 is 1.38. The van der Waals surface area contributed by atoms with Gasteiger partial charge in [-0.05, 0) is 84.0 Å². The minimum Gasteiger partial charge on any atom is -0.458 e. The van der Waals surface area contributed by atoms with Gasteiger partial charge in [-0.2, -0.15) is 5.10 Å². The highest BCUT2D eigenvalue weighted by Gasteiger charge is 2.18. The summed E-state index contributed by atoms with van der Waals surface area (Å²) in [5.41, 5.74) is 5.43. The number of nitrogens with one attached hydrogen (secondary N) is 1. The number of ether oxygens (including phenoxy) is 7. The molecular formula is C48H39N3O13S. The SMILES string of the molecule is C=CC(=C)OCOC(=O)/C=C/c1ccc(C(=O)Oc2ccc(OC(=O)c3ccc(/C=C/C(=O)OCC(COC(=O)C=C)OC(=O)C=C)cc3)c(/C=N/Nc3nc4ccccc4s3)c2)cc1. The van der Waals surface area contributed by atoms with Crippen LogP contribution in [0.3, 0.4) is 0 Å². The molecule has 1 atom stereocenters. The summed E-state index contributed by atoms with van der Waals surface area (Å²) in [5, 5.41) is 4.80. The van der Waals surface area contributed by atoms with Crippen LogP contribution in [0.25, 0.3) is 22.4 Å². The van der Waals surface area contributed by atoms with Crippen molar-refractivity contribution in [2.75, 3.05) is 25.4 Å². The summed E-state index contributed by atoms with van der Waals surface area (Å²) in [4.78, 5) is 78.4.